The molecule has 1 aliphatic carbocycles. The highest BCUT2D eigenvalue weighted by Crippen LogP contribution is 2.48. The minimum absolute atomic E-state index is 0.0331. The summed E-state index contributed by atoms with van der Waals surface area (Å²) < 4.78 is 0. The van der Waals surface area contributed by atoms with Gasteiger partial charge in [-0.3, -0.25) is 0 Å². The number of halogens is 1. The molecule has 1 saturated carbocycles. The highest BCUT2D eigenvalue weighted by Gasteiger charge is 2.47. The predicted molar refractivity (Wildman–Crippen MR) is 63.6 cm³/mol. The largest absolute Gasteiger partial charge is 0.396 e. The van der Waals surface area contributed by atoms with Gasteiger partial charge in [0.25, 0.3) is 0 Å². The van der Waals surface area contributed by atoms with Gasteiger partial charge in [-0.15, -0.1) is 0 Å². The zero-order chi connectivity index (χ0) is 11.8. The number of hydrogen-bond donors (Lipinski definition) is 2. The first-order chi connectivity index (χ1) is 7.55. The topological polar surface area (TPSA) is 58.0 Å². The second-order valence-electron chi connectivity index (χ2n) is 4.51. The number of aliphatic hydroxyl groups excluding tert-OH is 1. The molecule has 1 aliphatic rings. The number of nitrogens with zero attached hydrogens (tertiary/aromatic N) is 2. The molecule has 16 heavy (non-hydrogen) atoms. The van der Waals surface area contributed by atoms with Crippen LogP contribution < -0.4 is 5.32 Å². The van der Waals surface area contributed by atoms with Crippen LogP contribution in [-0.4, -0.2) is 27.7 Å². The van der Waals surface area contributed by atoms with E-state index in [-0.39, 0.29) is 18.1 Å². The van der Waals surface area contributed by atoms with Crippen LogP contribution in [0.1, 0.15) is 25.6 Å². The summed E-state index contributed by atoms with van der Waals surface area (Å²) in [5, 5.41) is 13.0. The van der Waals surface area contributed by atoms with Crippen LogP contribution in [0, 0.1) is 12.3 Å². The zero-order valence-corrected chi connectivity index (χ0v) is 10.3. The average molecular weight is 242 g/mol. The maximum Gasteiger partial charge on any atom is 0.134 e. The fourth-order valence-corrected chi connectivity index (χ4v) is 2.09. The molecule has 1 atom stereocenters. The first kappa shape index (κ1) is 11.6. The molecule has 0 aliphatic heterocycles. The Morgan fingerprint density at radius 2 is 2.25 bits per heavy atom. The van der Waals surface area contributed by atoms with Crippen molar-refractivity contribution in [3.05, 3.63) is 17.0 Å². The van der Waals surface area contributed by atoms with Gasteiger partial charge in [-0.1, -0.05) is 11.6 Å². The number of aliphatic hydroxyl groups is 1. The lowest BCUT2D eigenvalue weighted by atomic mass is 9.99. The smallest absolute Gasteiger partial charge is 0.134 e. The molecule has 1 aromatic rings. The molecule has 2 rings (SSSR count). The predicted octanol–water partition coefficient (Wildman–Crippen LogP) is 2.01. The summed E-state index contributed by atoms with van der Waals surface area (Å²) in [6.07, 6.45) is 2.13. The molecule has 0 bridgehead atoms. The third-order valence-electron chi connectivity index (χ3n) is 3.30. The molecule has 1 aromatic heterocycles. The summed E-state index contributed by atoms with van der Waals surface area (Å²) in [7, 11) is 0. The summed E-state index contributed by atoms with van der Waals surface area (Å²) in [4.78, 5) is 8.27. The number of anilines is 1. The van der Waals surface area contributed by atoms with Crippen LogP contribution in [0.3, 0.4) is 0 Å². The van der Waals surface area contributed by atoms with Crippen LogP contribution in [0.5, 0.6) is 0 Å². The van der Waals surface area contributed by atoms with Crippen molar-refractivity contribution in [3.63, 3.8) is 0 Å². The molecule has 4 nitrogen and oxygen atoms in total. The quantitative estimate of drug-likeness (QED) is 0.792. The van der Waals surface area contributed by atoms with Gasteiger partial charge in [0.05, 0.1) is 6.61 Å². The van der Waals surface area contributed by atoms with Gasteiger partial charge < -0.3 is 10.4 Å². The molecular formula is C11H16ClN3O. The Morgan fingerprint density at radius 1 is 1.56 bits per heavy atom. The van der Waals surface area contributed by atoms with Crippen molar-refractivity contribution in [1.29, 1.82) is 0 Å². The van der Waals surface area contributed by atoms with Gasteiger partial charge in [0.15, 0.2) is 0 Å². The number of hydrogen-bond acceptors (Lipinski definition) is 4. The second kappa shape index (κ2) is 4.18. The van der Waals surface area contributed by atoms with E-state index in [1.54, 1.807) is 13.0 Å². The third kappa shape index (κ3) is 2.28. The van der Waals surface area contributed by atoms with E-state index in [0.717, 1.165) is 18.7 Å². The molecular weight excluding hydrogens is 226 g/mol. The van der Waals surface area contributed by atoms with Crippen LogP contribution in [0.15, 0.2) is 6.07 Å². The Hall–Kier alpha value is -0.870. The van der Waals surface area contributed by atoms with Crippen molar-refractivity contribution in [2.75, 3.05) is 11.9 Å². The first-order valence-corrected chi connectivity index (χ1v) is 5.82. The summed E-state index contributed by atoms with van der Waals surface area (Å²) >= 11 is 5.86. The fraction of sp³-hybridized carbons (Fsp3) is 0.636. The van der Waals surface area contributed by atoms with E-state index in [9.17, 15) is 5.11 Å². The van der Waals surface area contributed by atoms with Gasteiger partial charge in [-0.2, -0.15) is 0 Å². The van der Waals surface area contributed by atoms with Gasteiger partial charge in [0, 0.05) is 17.5 Å². The molecule has 88 valence electrons. The van der Waals surface area contributed by atoms with E-state index in [1.165, 1.54) is 0 Å². The second-order valence-corrected chi connectivity index (χ2v) is 4.90. The van der Waals surface area contributed by atoms with Crippen LogP contribution in [0.2, 0.25) is 5.15 Å². The third-order valence-corrected chi connectivity index (χ3v) is 3.49. The average Bonchev–Trinajstić information content (AvgIpc) is 2.96. The minimum Gasteiger partial charge on any atom is -0.396 e. The lowest BCUT2D eigenvalue weighted by Crippen LogP contribution is -2.30. The van der Waals surface area contributed by atoms with Crippen LogP contribution in [-0.2, 0) is 0 Å². The molecule has 0 radical (unpaired) electrons. The maximum absolute atomic E-state index is 9.32. The monoisotopic (exact) mass is 241 g/mol. The Morgan fingerprint density at radius 3 is 2.75 bits per heavy atom. The molecule has 1 unspecified atom stereocenters. The Bertz CT molecular complexity index is 373. The van der Waals surface area contributed by atoms with E-state index in [4.69, 9.17) is 11.6 Å². The number of nitrogens with one attached hydrogen (secondary N) is 1. The van der Waals surface area contributed by atoms with Gasteiger partial charge in [-0.25, -0.2) is 9.97 Å². The molecule has 2 N–H and O–H groups in total. The molecule has 5 heteroatoms. The maximum atomic E-state index is 9.32. The van der Waals surface area contributed by atoms with Gasteiger partial charge in [0.1, 0.15) is 16.8 Å². The highest BCUT2D eigenvalue weighted by atomic mass is 35.5. The van der Waals surface area contributed by atoms with E-state index < -0.39 is 0 Å². The molecule has 1 fully saturated rings. The highest BCUT2D eigenvalue weighted by molar-refractivity contribution is 6.29. The molecule has 0 aromatic carbocycles. The van der Waals surface area contributed by atoms with Crippen molar-refractivity contribution < 1.29 is 5.11 Å². The van der Waals surface area contributed by atoms with Crippen molar-refractivity contribution in [2.45, 2.75) is 32.7 Å². The fourth-order valence-electron chi connectivity index (χ4n) is 1.87. The molecule has 0 spiro atoms. The van der Waals surface area contributed by atoms with Crippen molar-refractivity contribution in [3.8, 4) is 0 Å². The number of aromatic nitrogens is 2. The van der Waals surface area contributed by atoms with Crippen LogP contribution in [0.25, 0.3) is 0 Å². The molecule has 0 amide bonds. The zero-order valence-electron chi connectivity index (χ0n) is 9.50. The van der Waals surface area contributed by atoms with E-state index in [2.05, 4.69) is 22.2 Å². The summed E-state index contributed by atoms with van der Waals surface area (Å²) in [5.74, 6) is 1.38. The van der Waals surface area contributed by atoms with E-state index in [0.29, 0.717) is 11.0 Å². The van der Waals surface area contributed by atoms with E-state index >= 15 is 0 Å². The van der Waals surface area contributed by atoms with Crippen molar-refractivity contribution >= 4 is 17.4 Å². The minimum atomic E-state index is 0.0331. The summed E-state index contributed by atoms with van der Waals surface area (Å²) in [6.45, 7) is 4.09. The number of aryl methyl sites for hydroxylation is 1. The normalized spacial score (nSPS) is 19.2. The lowest BCUT2D eigenvalue weighted by molar-refractivity contribution is 0.198. The van der Waals surface area contributed by atoms with Gasteiger partial charge in [-0.05, 0) is 26.7 Å². The van der Waals surface area contributed by atoms with Crippen molar-refractivity contribution in [1.82, 2.24) is 9.97 Å². The summed E-state index contributed by atoms with van der Waals surface area (Å²) in [5.41, 5.74) is 0.0331. The van der Waals surface area contributed by atoms with Crippen molar-refractivity contribution in [2.24, 2.45) is 5.41 Å². The Labute approximate surface area is 100 Å². The molecule has 0 saturated heterocycles. The Balaban J connectivity index is 2.09. The van der Waals surface area contributed by atoms with Crippen LogP contribution >= 0.6 is 11.6 Å². The van der Waals surface area contributed by atoms with Gasteiger partial charge >= 0.3 is 0 Å². The summed E-state index contributed by atoms with van der Waals surface area (Å²) in [6, 6.07) is 1.90. The molecule has 1 heterocycles. The van der Waals surface area contributed by atoms with Crippen LogP contribution in [0.4, 0.5) is 5.82 Å². The lowest BCUT2D eigenvalue weighted by Gasteiger charge is -2.23. The van der Waals surface area contributed by atoms with Gasteiger partial charge in [0.2, 0.25) is 0 Å². The number of rotatable bonds is 4. The Kier molecular flexibility index (Phi) is 3.04. The van der Waals surface area contributed by atoms with E-state index in [1.807, 2.05) is 0 Å². The standard InChI is InChI=1S/C11H16ClN3O/c1-7(11(6-16)3-4-11)13-10-5-9(12)14-8(2)15-10/h5,7,16H,3-4,6H2,1-2H3,(H,13,14,15). The first-order valence-electron chi connectivity index (χ1n) is 5.44. The SMILES string of the molecule is Cc1nc(Cl)cc(NC(C)C2(CO)CC2)n1.